The number of aromatic amines is 1. The number of amides is 1. The van der Waals surface area contributed by atoms with Crippen LogP contribution in [0.1, 0.15) is 33.6 Å². The third-order valence-electron chi connectivity index (χ3n) is 6.83. The lowest BCUT2D eigenvalue weighted by molar-refractivity contribution is 0.0945. The molecular weight excluding hydrogens is 434 g/mol. The van der Waals surface area contributed by atoms with Crippen LogP contribution in [-0.4, -0.2) is 60.3 Å². The Morgan fingerprint density at radius 2 is 1.94 bits per heavy atom. The van der Waals surface area contributed by atoms with Gasteiger partial charge in [0.1, 0.15) is 5.69 Å². The highest BCUT2D eigenvalue weighted by atomic mass is 35.5. The zero-order valence-electron chi connectivity index (χ0n) is 19.0. The number of benzene rings is 2. The standard InChI is InChI=1S/C26H30ClN5O/c1-18-7-9-20(27)17-23(18)32-15-13-31(14-16-32)12-4-11-28-26(33)25-22-10-8-19-5-2-3-6-21(19)24(22)29-30-25/h2-3,5-7,9,17H,4,8,10-16H2,1H3,(H,28,33)(H,29,30). The molecule has 3 aromatic rings. The number of hydrogen-bond donors (Lipinski definition) is 2. The third kappa shape index (κ3) is 4.63. The van der Waals surface area contributed by atoms with Gasteiger partial charge in [0.25, 0.3) is 5.91 Å². The molecule has 0 unspecified atom stereocenters. The molecule has 5 rings (SSSR count). The Morgan fingerprint density at radius 3 is 2.79 bits per heavy atom. The second kappa shape index (κ2) is 9.57. The number of fused-ring (bicyclic) bond motifs is 3. The van der Waals surface area contributed by atoms with Gasteiger partial charge in [-0.3, -0.25) is 14.8 Å². The van der Waals surface area contributed by atoms with E-state index in [9.17, 15) is 4.79 Å². The molecule has 1 fully saturated rings. The van der Waals surface area contributed by atoms with Crippen LogP contribution >= 0.6 is 11.6 Å². The number of H-pyrrole nitrogens is 1. The Morgan fingerprint density at radius 1 is 1.12 bits per heavy atom. The molecule has 1 saturated heterocycles. The lowest BCUT2D eigenvalue weighted by Crippen LogP contribution is -2.47. The summed E-state index contributed by atoms with van der Waals surface area (Å²) in [4.78, 5) is 17.7. The van der Waals surface area contributed by atoms with Crippen LogP contribution < -0.4 is 10.2 Å². The number of hydrogen-bond acceptors (Lipinski definition) is 4. The molecule has 0 saturated carbocycles. The normalized spacial score (nSPS) is 15.8. The molecule has 2 aliphatic rings. The summed E-state index contributed by atoms with van der Waals surface area (Å²) in [5.41, 5.74) is 7.52. The summed E-state index contributed by atoms with van der Waals surface area (Å²) in [5.74, 6) is -0.0515. The van der Waals surface area contributed by atoms with Gasteiger partial charge in [-0.05, 0) is 56.0 Å². The maximum Gasteiger partial charge on any atom is 0.269 e. The first-order valence-electron chi connectivity index (χ1n) is 11.8. The lowest BCUT2D eigenvalue weighted by atomic mass is 9.89. The number of nitrogens with zero attached hydrogens (tertiary/aromatic N) is 3. The van der Waals surface area contributed by atoms with Crippen LogP contribution in [0.2, 0.25) is 5.02 Å². The largest absolute Gasteiger partial charge is 0.369 e. The Balaban J connectivity index is 1.09. The number of aromatic nitrogens is 2. The lowest BCUT2D eigenvalue weighted by Gasteiger charge is -2.37. The van der Waals surface area contributed by atoms with Crippen molar-refractivity contribution in [2.45, 2.75) is 26.2 Å². The molecular formula is C26H30ClN5O. The second-order valence-electron chi connectivity index (χ2n) is 8.95. The molecule has 1 aliphatic carbocycles. The van der Waals surface area contributed by atoms with Gasteiger partial charge in [0.2, 0.25) is 0 Å². The topological polar surface area (TPSA) is 64.3 Å². The van der Waals surface area contributed by atoms with Crippen LogP contribution in [0.5, 0.6) is 0 Å². The van der Waals surface area contributed by atoms with Gasteiger partial charge < -0.3 is 10.2 Å². The van der Waals surface area contributed by atoms with E-state index in [1.54, 1.807) is 0 Å². The zero-order chi connectivity index (χ0) is 22.8. The summed E-state index contributed by atoms with van der Waals surface area (Å²) in [5, 5.41) is 11.3. The van der Waals surface area contributed by atoms with Crippen molar-refractivity contribution in [3.8, 4) is 11.3 Å². The maximum atomic E-state index is 12.8. The molecule has 1 amide bonds. The van der Waals surface area contributed by atoms with Gasteiger partial charge in [0.15, 0.2) is 0 Å². The molecule has 172 valence electrons. The van der Waals surface area contributed by atoms with Crippen molar-refractivity contribution in [3.05, 3.63) is 69.9 Å². The molecule has 2 aromatic carbocycles. The minimum atomic E-state index is -0.0515. The van der Waals surface area contributed by atoms with Crippen LogP contribution in [0, 0.1) is 6.92 Å². The van der Waals surface area contributed by atoms with Gasteiger partial charge in [-0.25, -0.2) is 0 Å². The number of halogens is 1. The molecule has 2 heterocycles. The molecule has 2 N–H and O–H groups in total. The van der Waals surface area contributed by atoms with Crippen LogP contribution in [0.25, 0.3) is 11.3 Å². The summed E-state index contributed by atoms with van der Waals surface area (Å²) in [6, 6.07) is 14.4. The van der Waals surface area contributed by atoms with Crippen molar-refractivity contribution in [1.29, 1.82) is 0 Å². The van der Waals surface area contributed by atoms with E-state index in [1.807, 2.05) is 12.1 Å². The Hall–Kier alpha value is -2.83. The van der Waals surface area contributed by atoms with Crippen molar-refractivity contribution in [2.75, 3.05) is 44.2 Å². The summed E-state index contributed by atoms with van der Waals surface area (Å²) >= 11 is 6.20. The van der Waals surface area contributed by atoms with Crippen LogP contribution in [0.15, 0.2) is 42.5 Å². The third-order valence-corrected chi connectivity index (χ3v) is 7.07. The predicted octanol–water partition coefficient (Wildman–Crippen LogP) is 4.08. The summed E-state index contributed by atoms with van der Waals surface area (Å²) in [6.07, 6.45) is 2.73. The molecule has 0 spiro atoms. The maximum absolute atomic E-state index is 12.8. The highest BCUT2D eigenvalue weighted by molar-refractivity contribution is 6.30. The van der Waals surface area contributed by atoms with Crippen LogP contribution in [0.4, 0.5) is 5.69 Å². The van der Waals surface area contributed by atoms with Gasteiger partial charge in [0, 0.05) is 54.6 Å². The molecule has 0 radical (unpaired) electrons. The number of rotatable bonds is 6. The molecule has 0 atom stereocenters. The quantitative estimate of drug-likeness (QED) is 0.541. The predicted molar refractivity (Wildman–Crippen MR) is 133 cm³/mol. The first kappa shape index (κ1) is 22.0. The fraction of sp³-hybridized carbons (Fsp3) is 0.385. The zero-order valence-corrected chi connectivity index (χ0v) is 19.8. The molecule has 1 aliphatic heterocycles. The number of carbonyl (C=O) groups is 1. The van der Waals surface area contributed by atoms with Gasteiger partial charge in [0.05, 0.1) is 5.69 Å². The summed E-state index contributed by atoms with van der Waals surface area (Å²) in [6.45, 7) is 7.82. The highest BCUT2D eigenvalue weighted by Crippen LogP contribution is 2.33. The smallest absolute Gasteiger partial charge is 0.269 e. The van der Waals surface area contributed by atoms with E-state index in [0.717, 1.165) is 73.8 Å². The number of nitrogens with one attached hydrogen (secondary N) is 2. The van der Waals surface area contributed by atoms with E-state index in [1.165, 1.54) is 16.8 Å². The number of piperazine rings is 1. The average Bonchev–Trinajstić information content (AvgIpc) is 3.28. The molecule has 6 nitrogen and oxygen atoms in total. The second-order valence-corrected chi connectivity index (χ2v) is 9.39. The molecule has 0 bridgehead atoms. The van der Waals surface area contributed by atoms with E-state index in [0.29, 0.717) is 12.2 Å². The number of aryl methyl sites for hydroxylation is 2. The number of carbonyl (C=O) groups excluding carboxylic acids is 1. The van der Waals surface area contributed by atoms with Gasteiger partial charge >= 0.3 is 0 Å². The van der Waals surface area contributed by atoms with E-state index in [-0.39, 0.29) is 5.91 Å². The fourth-order valence-corrected chi connectivity index (χ4v) is 5.14. The Labute approximate surface area is 199 Å². The van der Waals surface area contributed by atoms with Gasteiger partial charge in [-0.15, -0.1) is 0 Å². The number of anilines is 1. The van der Waals surface area contributed by atoms with Crippen molar-refractivity contribution < 1.29 is 4.79 Å². The SMILES string of the molecule is Cc1ccc(Cl)cc1N1CCN(CCCNC(=O)c2[nH]nc3c2CCc2ccccc2-3)CC1. The van der Waals surface area contributed by atoms with E-state index in [4.69, 9.17) is 11.6 Å². The first-order valence-corrected chi connectivity index (χ1v) is 12.1. The van der Waals surface area contributed by atoms with Crippen molar-refractivity contribution in [3.63, 3.8) is 0 Å². The Bertz CT molecular complexity index is 1150. The van der Waals surface area contributed by atoms with Gasteiger partial charge in [-0.2, -0.15) is 5.10 Å². The minimum absolute atomic E-state index is 0.0515. The van der Waals surface area contributed by atoms with E-state index in [2.05, 4.69) is 62.6 Å². The van der Waals surface area contributed by atoms with Crippen molar-refractivity contribution in [1.82, 2.24) is 20.4 Å². The monoisotopic (exact) mass is 463 g/mol. The van der Waals surface area contributed by atoms with Crippen molar-refractivity contribution >= 4 is 23.2 Å². The van der Waals surface area contributed by atoms with Gasteiger partial charge in [-0.1, -0.05) is 41.9 Å². The average molecular weight is 464 g/mol. The molecule has 7 heteroatoms. The fourth-order valence-electron chi connectivity index (χ4n) is 4.98. The van der Waals surface area contributed by atoms with E-state index < -0.39 is 0 Å². The molecule has 1 aromatic heterocycles. The highest BCUT2D eigenvalue weighted by Gasteiger charge is 2.25. The summed E-state index contributed by atoms with van der Waals surface area (Å²) in [7, 11) is 0. The minimum Gasteiger partial charge on any atom is -0.369 e. The van der Waals surface area contributed by atoms with E-state index >= 15 is 0 Å². The van der Waals surface area contributed by atoms with Crippen LogP contribution in [0.3, 0.4) is 0 Å². The molecule has 33 heavy (non-hydrogen) atoms. The Kier molecular flexibility index (Phi) is 6.38. The van der Waals surface area contributed by atoms with Crippen LogP contribution in [-0.2, 0) is 12.8 Å². The first-order chi connectivity index (χ1) is 16.1. The van der Waals surface area contributed by atoms with Crippen molar-refractivity contribution in [2.24, 2.45) is 0 Å². The summed E-state index contributed by atoms with van der Waals surface area (Å²) < 4.78 is 0.